The smallest absolute Gasteiger partial charge is 0.122 e. The molecule has 0 saturated heterocycles. The molecule has 4 heteroatoms. The number of nitrogens with two attached hydrogens (primary N) is 2. The Morgan fingerprint density at radius 2 is 1.58 bits per heavy atom. The second-order valence-electron chi connectivity index (χ2n) is 2.11. The third-order valence-corrected chi connectivity index (χ3v) is 1.99. The minimum absolute atomic E-state index is 0.672. The van der Waals surface area contributed by atoms with Crippen molar-refractivity contribution < 1.29 is 4.21 Å². The maximum absolute atomic E-state index is 10.6. The largest absolute Gasteiger partial charge is 0.333 e. The van der Waals surface area contributed by atoms with E-state index in [-0.39, 0.29) is 0 Å². The van der Waals surface area contributed by atoms with E-state index in [1.54, 1.807) is 12.1 Å². The summed E-state index contributed by atoms with van der Waals surface area (Å²) in [4.78, 5) is 0.672. The average Bonchev–Trinajstić information content (AvgIpc) is 2.09. The zero-order valence-electron chi connectivity index (χ0n) is 7.28. The number of hydrogen-bond acceptors (Lipinski definition) is 2. The van der Waals surface area contributed by atoms with Crippen molar-refractivity contribution in [1.82, 2.24) is 0 Å². The highest BCUT2D eigenvalue weighted by Gasteiger charge is 1.94. The molecule has 1 aromatic carbocycles. The van der Waals surface area contributed by atoms with Crippen LogP contribution in [0.3, 0.4) is 0 Å². The molecule has 0 fully saturated rings. The normalized spacial score (nSPS) is 11.3. The van der Waals surface area contributed by atoms with E-state index >= 15 is 0 Å². The van der Waals surface area contributed by atoms with Gasteiger partial charge >= 0.3 is 0 Å². The third-order valence-electron chi connectivity index (χ3n) is 1.25. The summed E-state index contributed by atoms with van der Waals surface area (Å²) in [6.07, 6.45) is 0. The van der Waals surface area contributed by atoms with Crippen LogP contribution in [0.4, 0.5) is 0 Å². The second kappa shape index (κ2) is 5.88. The van der Waals surface area contributed by atoms with Gasteiger partial charge in [-0.3, -0.25) is 0 Å². The predicted octanol–water partition coefficient (Wildman–Crippen LogP) is 0.551. The molecule has 1 aromatic rings. The summed E-state index contributed by atoms with van der Waals surface area (Å²) in [5.74, 6) is 0. The fraction of sp³-hybridized carbons (Fsp3) is 0.250. The van der Waals surface area contributed by atoms with Crippen molar-refractivity contribution in [3.8, 4) is 0 Å². The molecule has 0 amide bonds. The molecular formula is C8H14N2OS. The first kappa shape index (κ1) is 11.3. The van der Waals surface area contributed by atoms with Crippen LogP contribution in [0.1, 0.15) is 5.56 Å². The summed E-state index contributed by atoms with van der Waals surface area (Å²) in [6, 6.07) is 7.32. The maximum atomic E-state index is 10.6. The van der Waals surface area contributed by atoms with E-state index in [0.29, 0.717) is 4.90 Å². The van der Waals surface area contributed by atoms with Crippen molar-refractivity contribution in [3.05, 3.63) is 29.8 Å². The van der Waals surface area contributed by atoms with Gasteiger partial charge in [-0.2, -0.15) is 0 Å². The molecule has 0 saturated carbocycles. The quantitative estimate of drug-likeness (QED) is 0.672. The van der Waals surface area contributed by atoms with Crippen molar-refractivity contribution in [2.24, 2.45) is 10.9 Å². The van der Waals surface area contributed by atoms with Gasteiger partial charge in [-0.25, -0.2) is 9.35 Å². The first-order chi connectivity index (χ1) is 5.70. The van der Waals surface area contributed by atoms with Crippen LogP contribution in [-0.4, -0.2) is 11.3 Å². The molecule has 4 N–H and O–H groups in total. The summed E-state index contributed by atoms with van der Waals surface area (Å²) >= 11 is 0. The maximum Gasteiger partial charge on any atom is 0.122 e. The highest BCUT2D eigenvalue weighted by atomic mass is 32.2. The van der Waals surface area contributed by atoms with Gasteiger partial charge in [-0.15, -0.1) is 0 Å². The topological polar surface area (TPSA) is 69.1 Å². The summed E-state index contributed by atoms with van der Waals surface area (Å²) < 4.78 is 10.6. The van der Waals surface area contributed by atoms with E-state index in [2.05, 4.69) is 5.73 Å². The van der Waals surface area contributed by atoms with Crippen LogP contribution in [0.15, 0.2) is 29.2 Å². The Bertz CT molecular complexity index is 246. The van der Waals surface area contributed by atoms with Crippen molar-refractivity contribution >= 4 is 11.0 Å². The zero-order valence-corrected chi connectivity index (χ0v) is 8.10. The summed E-state index contributed by atoms with van der Waals surface area (Å²) in [7, 11) is 0.163. The van der Waals surface area contributed by atoms with Crippen molar-refractivity contribution in [3.63, 3.8) is 0 Å². The number of benzene rings is 1. The fourth-order valence-corrected chi connectivity index (χ4v) is 1.08. The Labute approximate surface area is 75.4 Å². The van der Waals surface area contributed by atoms with E-state index < -0.39 is 11.0 Å². The lowest BCUT2D eigenvalue weighted by Crippen LogP contribution is -2.01. The van der Waals surface area contributed by atoms with Crippen LogP contribution in [-0.2, 0) is 11.0 Å². The molecule has 0 heterocycles. The summed E-state index contributed by atoms with van der Waals surface area (Å²) in [5.41, 5.74) is 5.65. The van der Waals surface area contributed by atoms with Crippen molar-refractivity contribution in [2.45, 2.75) is 11.8 Å². The second-order valence-corrected chi connectivity index (χ2v) is 3.18. The van der Waals surface area contributed by atoms with Gasteiger partial charge in [-0.05, 0) is 26.1 Å². The van der Waals surface area contributed by atoms with Gasteiger partial charge in [0.05, 0.1) is 4.90 Å². The number of hydrogen-bond donors (Lipinski definition) is 2. The number of rotatable bonds is 1. The van der Waals surface area contributed by atoms with E-state index in [0.717, 1.165) is 5.56 Å². The molecule has 1 rings (SSSR count). The average molecular weight is 186 g/mol. The van der Waals surface area contributed by atoms with Gasteiger partial charge in [0.1, 0.15) is 11.0 Å². The minimum atomic E-state index is -1.34. The van der Waals surface area contributed by atoms with E-state index in [1.807, 2.05) is 19.1 Å². The molecule has 0 aliphatic rings. The Balaban J connectivity index is 0.000000561. The molecule has 0 aromatic heterocycles. The monoisotopic (exact) mass is 186 g/mol. The molecule has 0 aliphatic carbocycles. The lowest BCUT2D eigenvalue weighted by molar-refractivity contribution is 0.684. The highest BCUT2D eigenvalue weighted by molar-refractivity contribution is 7.82. The standard InChI is InChI=1S/C7H9NOS.CH5N/c1-6-2-4-7(5-3-6)10(8)9;1-2/h2-5H,8H2,1H3;2H2,1H3. The van der Waals surface area contributed by atoms with E-state index in [1.165, 1.54) is 7.05 Å². The predicted molar refractivity (Wildman–Crippen MR) is 51.9 cm³/mol. The SMILES string of the molecule is CN.Cc1ccc(S(N)=O)cc1. The molecule has 0 aliphatic heterocycles. The van der Waals surface area contributed by atoms with Crippen LogP contribution < -0.4 is 10.9 Å². The van der Waals surface area contributed by atoms with Gasteiger partial charge in [0.15, 0.2) is 0 Å². The first-order valence-corrected chi connectivity index (χ1v) is 4.72. The third kappa shape index (κ3) is 3.61. The van der Waals surface area contributed by atoms with Crippen LogP contribution in [0.2, 0.25) is 0 Å². The van der Waals surface area contributed by atoms with E-state index in [9.17, 15) is 4.21 Å². The molecule has 12 heavy (non-hydrogen) atoms. The van der Waals surface area contributed by atoms with Gasteiger partial charge < -0.3 is 5.73 Å². The van der Waals surface area contributed by atoms with E-state index in [4.69, 9.17) is 5.14 Å². The molecule has 68 valence electrons. The molecule has 0 radical (unpaired) electrons. The minimum Gasteiger partial charge on any atom is -0.333 e. The molecule has 1 unspecified atom stereocenters. The first-order valence-electron chi connectivity index (χ1n) is 3.51. The lowest BCUT2D eigenvalue weighted by Gasteiger charge is -1.94. The Morgan fingerprint density at radius 1 is 1.17 bits per heavy atom. The molecule has 0 bridgehead atoms. The van der Waals surface area contributed by atoms with Crippen molar-refractivity contribution in [2.75, 3.05) is 7.05 Å². The van der Waals surface area contributed by atoms with Crippen LogP contribution >= 0.6 is 0 Å². The fourth-order valence-electron chi connectivity index (χ4n) is 0.672. The number of aryl methyl sites for hydroxylation is 1. The van der Waals surface area contributed by atoms with Gasteiger partial charge in [0.2, 0.25) is 0 Å². The Kier molecular flexibility index (Phi) is 5.53. The van der Waals surface area contributed by atoms with Crippen molar-refractivity contribution in [1.29, 1.82) is 0 Å². The van der Waals surface area contributed by atoms with Crippen LogP contribution in [0.5, 0.6) is 0 Å². The highest BCUT2D eigenvalue weighted by Crippen LogP contribution is 2.04. The molecule has 1 atom stereocenters. The van der Waals surface area contributed by atoms with Gasteiger partial charge in [0.25, 0.3) is 0 Å². The zero-order chi connectivity index (χ0) is 9.56. The van der Waals surface area contributed by atoms with Crippen LogP contribution in [0, 0.1) is 6.92 Å². The molecule has 3 nitrogen and oxygen atoms in total. The lowest BCUT2D eigenvalue weighted by atomic mass is 10.2. The Hall–Kier alpha value is -0.710. The molecular weight excluding hydrogens is 172 g/mol. The van der Waals surface area contributed by atoms with Crippen LogP contribution in [0.25, 0.3) is 0 Å². The Morgan fingerprint density at radius 3 is 1.92 bits per heavy atom. The summed E-state index contributed by atoms with van der Waals surface area (Å²) in [5, 5.41) is 5.14. The van der Waals surface area contributed by atoms with Gasteiger partial charge in [0, 0.05) is 0 Å². The molecule has 0 spiro atoms. The van der Waals surface area contributed by atoms with Gasteiger partial charge in [-0.1, -0.05) is 17.7 Å². The summed E-state index contributed by atoms with van der Waals surface area (Å²) in [6.45, 7) is 1.98.